The quantitative estimate of drug-likeness (QED) is 0.731. The molecule has 0 fully saturated rings. The Hall–Kier alpha value is -0.600. The number of rotatable bonds is 2. The average molecular weight is 217 g/mol. The summed E-state index contributed by atoms with van der Waals surface area (Å²) < 4.78 is 18.7. The smallest absolute Gasteiger partial charge is 0.130 e. The van der Waals surface area contributed by atoms with E-state index in [-0.39, 0.29) is 18.0 Å². The van der Waals surface area contributed by atoms with Gasteiger partial charge in [-0.25, -0.2) is 4.39 Å². The van der Waals surface area contributed by atoms with Gasteiger partial charge in [0.25, 0.3) is 0 Å². The van der Waals surface area contributed by atoms with Gasteiger partial charge < -0.3 is 4.74 Å². The van der Waals surface area contributed by atoms with Gasteiger partial charge in [-0.15, -0.1) is 0 Å². The van der Waals surface area contributed by atoms with Gasteiger partial charge >= 0.3 is 0 Å². The molecule has 0 amide bonds. The van der Waals surface area contributed by atoms with Crippen molar-refractivity contribution < 1.29 is 9.13 Å². The molecule has 0 saturated heterocycles. The Bertz CT molecular complexity index is 318. The van der Waals surface area contributed by atoms with Crippen LogP contribution in [0.25, 0.3) is 0 Å². The number of ether oxygens (including phenoxy) is 1. The Labute approximate surface area is 88.8 Å². The lowest BCUT2D eigenvalue weighted by Gasteiger charge is -2.19. The van der Waals surface area contributed by atoms with Crippen molar-refractivity contribution in [3.05, 3.63) is 34.6 Å². The molecule has 1 aromatic carbocycles. The van der Waals surface area contributed by atoms with Crippen LogP contribution in [-0.2, 0) is 11.3 Å². The van der Waals surface area contributed by atoms with Gasteiger partial charge in [0, 0.05) is 10.6 Å². The predicted octanol–water partition coefficient (Wildman–Crippen LogP) is 3.79. The monoisotopic (exact) mass is 216 g/mol. The SMILES string of the molecule is CC(C)(C)OCc1ccc(Cl)cc1F. The Morgan fingerprint density at radius 1 is 1.36 bits per heavy atom. The Morgan fingerprint density at radius 2 is 2.00 bits per heavy atom. The molecule has 1 aromatic rings. The third-order valence-corrected chi connectivity index (χ3v) is 1.91. The molecule has 14 heavy (non-hydrogen) atoms. The summed E-state index contributed by atoms with van der Waals surface area (Å²) in [6, 6.07) is 4.60. The number of hydrogen-bond acceptors (Lipinski definition) is 1. The van der Waals surface area contributed by atoms with Crippen LogP contribution in [0.15, 0.2) is 18.2 Å². The molecule has 0 heterocycles. The second-order valence-electron chi connectivity index (χ2n) is 4.14. The Balaban J connectivity index is 2.68. The van der Waals surface area contributed by atoms with E-state index < -0.39 is 0 Å². The fourth-order valence-corrected chi connectivity index (χ4v) is 1.09. The molecule has 1 nitrogen and oxygen atoms in total. The molecule has 1 rings (SSSR count). The minimum Gasteiger partial charge on any atom is -0.371 e. The highest BCUT2D eigenvalue weighted by molar-refractivity contribution is 6.30. The van der Waals surface area contributed by atoms with Crippen molar-refractivity contribution in [2.75, 3.05) is 0 Å². The van der Waals surface area contributed by atoms with Crippen molar-refractivity contribution in [1.29, 1.82) is 0 Å². The summed E-state index contributed by atoms with van der Waals surface area (Å²) in [5.41, 5.74) is 0.274. The zero-order valence-corrected chi connectivity index (χ0v) is 9.36. The van der Waals surface area contributed by atoms with Crippen molar-refractivity contribution >= 4 is 11.6 Å². The fraction of sp³-hybridized carbons (Fsp3) is 0.455. The van der Waals surface area contributed by atoms with E-state index >= 15 is 0 Å². The topological polar surface area (TPSA) is 9.23 Å². The van der Waals surface area contributed by atoms with E-state index in [1.54, 1.807) is 12.1 Å². The van der Waals surface area contributed by atoms with Crippen molar-refractivity contribution in [2.45, 2.75) is 33.0 Å². The molecule has 0 unspecified atom stereocenters. The summed E-state index contributed by atoms with van der Waals surface area (Å²) >= 11 is 5.63. The first kappa shape index (κ1) is 11.5. The molecular weight excluding hydrogens is 203 g/mol. The summed E-state index contributed by atoms with van der Waals surface area (Å²) in [5, 5.41) is 0.405. The average Bonchev–Trinajstić information content (AvgIpc) is 2.00. The maximum absolute atomic E-state index is 13.3. The predicted molar refractivity (Wildman–Crippen MR) is 56.0 cm³/mol. The molecule has 0 saturated carbocycles. The minimum absolute atomic E-state index is 0.258. The molecule has 3 heteroatoms. The van der Waals surface area contributed by atoms with Crippen LogP contribution in [0.5, 0.6) is 0 Å². The summed E-state index contributed by atoms with van der Waals surface area (Å²) in [6.07, 6.45) is 0. The van der Waals surface area contributed by atoms with Crippen molar-refractivity contribution in [2.24, 2.45) is 0 Å². The summed E-state index contributed by atoms with van der Waals surface area (Å²) in [6.45, 7) is 6.06. The van der Waals surface area contributed by atoms with E-state index in [9.17, 15) is 4.39 Å². The van der Waals surface area contributed by atoms with Crippen LogP contribution in [0, 0.1) is 5.82 Å². The van der Waals surface area contributed by atoms with Gasteiger partial charge in [-0.05, 0) is 32.9 Å². The van der Waals surface area contributed by atoms with Crippen LogP contribution in [0.1, 0.15) is 26.3 Å². The fourth-order valence-electron chi connectivity index (χ4n) is 0.933. The zero-order valence-electron chi connectivity index (χ0n) is 8.60. The van der Waals surface area contributed by atoms with E-state index in [4.69, 9.17) is 16.3 Å². The number of hydrogen-bond donors (Lipinski definition) is 0. The Morgan fingerprint density at radius 3 is 2.50 bits per heavy atom. The van der Waals surface area contributed by atoms with E-state index in [0.717, 1.165) is 0 Å². The van der Waals surface area contributed by atoms with E-state index in [1.807, 2.05) is 20.8 Å². The highest BCUT2D eigenvalue weighted by Gasteiger charge is 2.11. The molecule has 0 spiro atoms. The lowest BCUT2D eigenvalue weighted by molar-refractivity contribution is -0.0161. The van der Waals surface area contributed by atoms with Crippen LogP contribution < -0.4 is 0 Å². The van der Waals surface area contributed by atoms with Gasteiger partial charge in [0.15, 0.2) is 0 Å². The highest BCUT2D eigenvalue weighted by Crippen LogP contribution is 2.17. The lowest BCUT2D eigenvalue weighted by atomic mass is 10.2. The van der Waals surface area contributed by atoms with E-state index in [0.29, 0.717) is 10.6 Å². The summed E-state index contributed by atoms with van der Waals surface area (Å²) in [7, 11) is 0. The van der Waals surface area contributed by atoms with Crippen LogP contribution in [0.2, 0.25) is 5.02 Å². The lowest BCUT2D eigenvalue weighted by Crippen LogP contribution is -2.19. The van der Waals surface area contributed by atoms with Gasteiger partial charge in [0.2, 0.25) is 0 Å². The van der Waals surface area contributed by atoms with Crippen LogP contribution in [-0.4, -0.2) is 5.60 Å². The highest BCUT2D eigenvalue weighted by atomic mass is 35.5. The molecule has 0 radical (unpaired) electrons. The van der Waals surface area contributed by atoms with Gasteiger partial charge in [0.1, 0.15) is 5.82 Å². The number of benzene rings is 1. The van der Waals surface area contributed by atoms with Gasteiger partial charge in [0.05, 0.1) is 12.2 Å². The first-order chi connectivity index (χ1) is 6.38. The van der Waals surface area contributed by atoms with Crippen LogP contribution >= 0.6 is 11.6 Å². The molecule has 78 valence electrons. The van der Waals surface area contributed by atoms with Gasteiger partial charge in [-0.3, -0.25) is 0 Å². The van der Waals surface area contributed by atoms with Gasteiger partial charge in [-0.2, -0.15) is 0 Å². The molecule has 0 aromatic heterocycles. The Kier molecular flexibility index (Phi) is 3.51. The minimum atomic E-state index is -0.318. The second kappa shape index (κ2) is 4.28. The summed E-state index contributed by atoms with van der Waals surface area (Å²) in [5.74, 6) is -0.318. The third-order valence-electron chi connectivity index (χ3n) is 1.68. The third kappa shape index (κ3) is 3.64. The van der Waals surface area contributed by atoms with E-state index in [2.05, 4.69) is 0 Å². The maximum Gasteiger partial charge on any atom is 0.130 e. The molecule has 0 aliphatic rings. The van der Waals surface area contributed by atoms with Crippen molar-refractivity contribution in [3.8, 4) is 0 Å². The molecule has 0 bridgehead atoms. The van der Waals surface area contributed by atoms with Crippen molar-refractivity contribution in [3.63, 3.8) is 0 Å². The standard InChI is InChI=1S/C11H14ClFO/c1-11(2,3)14-7-8-4-5-9(12)6-10(8)13/h4-6H,7H2,1-3H3. The van der Waals surface area contributed by atoms with Crippen LogP contribution in [0.4, 0.5) is 4.39 Å². The molecule has 0 atom stereocenters. The number of halogens is 2. The summed E-state index contributed by atoms with van der Waals surface area (Å²) in [4.78, 5) is 0. The van der Waals surface area contributed by atoms with Crippen molar-refractivity contribution in [1.82, 2.24) is 0 Å². The zero-order chi connectivity index (χ0) is 10.8. The largest absolute Gasteiger partial charge is 0.371 e. The molecule has 0 aliphatic heterocycles. The first-order valence-electron chi connectivity index (χ1n) is 4.46. The van der Waals surface area contributed by atoms with Crippen LogP contribution in [0.3, 0.4) is 0 Å². The van der Waals surface area contributed by atoms with E-state index in [1.165, 1.54) is 6.07 Å². The molecule has 0 N–H and O–H groups in total. The normalized spacial score (nSPS) is 11.8. The van der Waals surface area contributed by atoms with Gasteiger partial charge in [-0.1, -0.05) is 17.7 Å². The molecular formula is C11H14ClFO. The second-order valence-corrected chi connectivity index (χ2v) is 4.57. The molecule has 0 aliphatic carbocycles. The first-order valence-corrected chi connectivity index (χ1v) is 4.84. The maximum atomic E-state index is 13.3.